The summed E-state index contributed by atoms with van der Waals surface area (Å²) in [5, 5.41) is 10.4. The van der Waals surface area contributed by atoms with E-state index in [1.807, 2.05) is 0 Å². The summed E-state index contributed by atoms with van der Waals surface area (Å²) in [5.74, 6) is 1.11. The molecule has 0 aliphatic carbocycles. The van der Waals surface area contributed by atoms with Crippen LogP contribution in [0, 0.1) is 0 Å². The Morgan fingerprint density at radius 1 is 1.35 bits per heavy atom. The van der Waals surface area contributed by atoms with Gasteiger partial charge in [-0.1, -0.05) is 0 Å². The normalized spacial score (nSPS) is 10.8. The van der Waals surface area contributed by atoms with Crippen LogP contribution in [0.25, 0.3) is 11.2 Å². The molecule has 0 saturated heterocycles. The molecule has 2 heterocycles. The molecule has 102 valence electrons. The standard InChI is InChI=1S/C12H11N5O2S/c1-19-6-2-3-7(18)8(4-6)20-12-16-9-10(13)14-5-15-11(9)17-12/h2-5,18H,1H3,(H3,13,14,15,16,17). The van der Waals surface area contributed by atoms with Crippen molar-refractivity contribution in [2.24, 2.45) is 0 Å². The number of aromatic amines is 1. The van der Waals surface area contributed by atoms with E-state index < -0.39 is 0 Å². The fourth-order valence-electron chi connectivity index (χ4n) is 1.68. The maximum atomic E-state index is 9.85. The van der Waals surface area contributed by atoms with Gasteiger partial charge in [0.25, 0.3) is 0 Å². The van der Waals surface area contributed by atoms with E-state index in [1.54, 1.807) is 25.3 Å². The topological polar surface area (TPSA) is 110 Å². The minimum absolute atomic E-state index is 0.148. The molecule has 0 amide bonds. The van der Waals surface area contributed by atoms with Crippen LogP contribution in [0.5, 0.6) is 11.5 Å². The number of phenols is 1. The molecule has 0 fully saturated rings. The second-order valence-electron chi connectivity index (χ2n) is 3.93. The second kappa shape index (κ2) is 4.89. The quantitative estimate of drug-likeness (QED) is 0.674. The molecule has 20 heavy (non-hydrogen) atoms. The highest BCUT2D eigenvalue weighted by atomic mass is 32.2. The van der Waals surface area contributed by atoms with Gasteiger partial charge in [0.05, 0.1) is 12.0 Å². The van der Waals surface area contributed by atoms with E-state index >= 15 is 0 Å². The van der Waals surface area contributed by atoms with Gasteiger partial charge in [-0.2, -0.15) is 0 Å². The lowest BCUT2D eigenvalue weighted by molar-refractivity contribution is 0.409. The number of ether oxygens (including phenoxy) is 1. The van der Waals surface area contributed by atoms with Crippen molar-refractivity contribution in [3.8, 4) is 11.5 Å². The predicted molar refractivity (Wildman–Crippen MR) is 74.9 cm³/mol. The zero-order valence-electron chi connectivity index (χ0n) is 10.5. The van der Waals surface area contributed by atoms with Gasteiger partial charge in [-0.25, -0.2) is 15.0 Å². The Morgan fingerprint density at radius 3 is 2.95 bits per heavy atom. The summed E-state index contributed by atoms with van der Waals surface area (Å²) >= 11 is 1.26. The Balaban J connectivity index is 1.99. The monoisotopic (exact) mass is 289 g/mol. The maximum absolute atomic E-state index is 9.85. The number of H-pyrrole nitrogens is 1. The molecular weight excluding hydrogens is 278 g/mol. The van der Waals surface area contributed by atoms with Crippen LogP contribution in [0.2, 0.25) is 0 Å². The number of nitrogens with two attached hydrogens (primary N) is 1. The third-order valence-corrected chi connectivity index (χ3v) is 3.60. The number of nitrogen functional groups attached to an aromatic ring is 1. The summed E-state index contributed by atoms with van der Waals surface area (Å²) in [6, 6.07) is 4.97. The van der Waals surface area contributed by atoms with Crippen LogP contribution in [0.15, 0.2) is 34.6 Å². The molecule has 0 atom stereocenters. The van der Waals surface area contributed by atoms with Gasteiger partial charge in [0, 0.05) is 0 Å². The molecular formula is C12H11N5O2S. The number of nitrogens with one attached hydrogen (secondary N) is 1. The van der Waals surface area contributed by atoms with E-state index in [0.717, 1.165) is 0 Å². The summed E-state index contributed by atoms with van der Waals surface area (Å²) in [6.45, 7) is 0. The number of imidazole rings is 1. The van der Waals surface area contributed by atoms with Crippen LogP contribution in [0.1, 0.15) is 0 Å². The molecule has 0 saturated carbocycles. The summed E-state index contributed by atoms with van der Waals surface area (Å²) < 4.78 is 5.13. The van der Waals surface area contributed by atoms with E-state index in [-0.39, 0.29) is 5.75 Å². The number of phenolic OH excluding ortho intramolecular Hbond substituents is 1. The summed E-state index contributed by atoms with van der Waals surface area (Å²) in [7, 11) is 1.57. The number of aromatic hydroxyl groups is 1. The third kappa shape index (κ3) is 2.21. The first-order valence-corrected chi connectivity index (χ1v) is 6.50. The molecule has 0 bridgehead atoms. The predicted octanol–water partition coefficient (Wildman–Crippen LogP) is 1.80. The van der Waals surface area contributed by atoms with E-state index in [2.05, 4.69) is 19.9 Å². The minimum Gasteiger partial charge on any atom is -0.507 e. The average Bonchev–Trinajstić information content (AvgIpc) is 2.85. The van der Waals surface area contributed by atoms with Crippen molar-refractivity contribution in [1.82, 2.24) is 19.9 Å². The van der Waals surface area contributed by atoms with E-state index in [4.69, 9.17) is 10.5 Å². The Labute approximate surface area is 118 Å². The lowest BCUT2D eigenvalue weighted by Gasteiger charge is -2.04. The molecule has 0 spiro atoms. The molecule has 0 unspecified atom stereocenters. The molecule has 1 aromatic carbocycles. The van der Waals surface area contributed by atoms with E-state index in [1.165, 1.54) is 18.1 Å². The smallest absolute Gasteiger partial charge is 0.172 e. The van der Waals surface area contributed by atoms with Gasteiger partial charge in [0.1, 0.15) is 17.8 Å². The third-order valence-electron chi connectivity index (χ3n) is 2.66. The summed E-state index contributed by atoms with van der Waals surface area (Å²) in [4.78, 5) is 15.9. The molecule has 0 aliphatic rings. The van der Waals surface area contributed by atoms with Crippen molar-refractivity contribution >= 4 is 28.7 Å². The molecule has 3 rings (SSSR count). The van der Waals surface area contributed by atoms with Crippen molar-refractivity contribution in [3.05, 3.63) is 24.5 Å². The SMILES string of the molecule is COc1ccc(O)c(Sc2nc3c(N)ncnc3[nH]2)c1. The lowest BCUT2D eigenvalue weighted by Crippen LogP contribution is -1.91. The highest BCUT2D eigenvalue weighted by molar-refractivity contribution is 7.99. The van der Waals surface area contributed by atoms with Gasteiger partial charge in [0.2, 0.25) is 0 Å². The highest BCUT2D eigenvalue weighted by Gasteiger charge is 2.11. The van der Waals surface area contributed by atoms with Crippen molar-refractivity contribution in [2.45, 2.75) is 10.1 Å². The first-order chi connectivity index (χ1) is 9.67. The van der Waals surface area contributed by atoms with Gasteiger partial charge in [-0.3, -0.25) is 0 Å². The Hall–Kier alpha value is -2.48. The zero-order valence-corrected chi connectivity index (χ0v) is 11.3. The summed E-state index contributed by atoms with van der Waals surface area (Å²) in [5.41, 5.74) is 6.80. The van der Waals surface area contributed by atoms with E-state index in [0.29, 0.717) is 32.8 Å². The zero-order chi connectivity index (χ0) is 14.1. The molecule has 7 nitrogen and oxygen atoms in total. The van der Waals surface area contributed by atoms with Gasteiger partial charge < -0.3 is 20.6 Å². The van der Waals surface area contributed by atoms with Crippen LogP contribution in [-0.4, -0.2) is 32.2 Å². The minimum atomic E-state index is 0.148. The number of hydrogen-bond donors (Lipinski definition) is 3. The molecule has 3 aromatic rings. The van der Waals surface area contributed by atoms with Gasteiger partial charge >= 0.3 is 0 Å². The lowest BCUT2D eigenvalue weighted by atomic mass is 10.3. The van der Waals surface area contributed by atoms with Crippen LogP contribution in [0.3, 0.4) is 0 Å². The molecule has 8 heteroatoms. The number of nitrogens with zero attached hydrogens (tertiary/aromatic N) is 3. The van der Waals surface area contributed by atoms with Crippen LogP contribution < -0.4 is 10.5 Å². The molecule has 2 aromatic heterocycles. The van der Waals surface area contributed by atoms with Gasteiger partial charge in [-0.15, -0.1) is 0 Å². The fraction of sp³-hybridized carbons (Fsp3) is 0.0833. The average molecular weight is 289 g/mol. The first kappa shape index (κ1) is 12.5. The maximum Gasteiger partial charge on any atom is 0.172 e. The number of fused-ring (bicyclic) bond motifs is 1. The summed E-state index contributed by atoms with van der Waals surface area (Å²) in [6.07, 6.45) is 1.37. The van der Waals surface area contributed by atoms with Gasteiger partial charge in [0.15, 0.2) is 22.1 Å². The number of benzene rings is 1. The Morgan fingerprint density at radius 2 is 2.20 bits per heavy atom. The molecule has 0 radical (unpaired) electrons. The van der Waals surface area contributed by atoms with Crippen LogP contribution in [0.4, 0.5) is 5.82 Å². The Bertz CT molecular complexity index is 774. The number of hydrogen-bond acceptors (Lipinski definition) is 7. The number of methoxy groups -OCH3 is 1. The van der Waals surface area contributed by atoms with Crippen LogP contribution >= 0.6 is 11.8 Å². The number of rotatable bonds is 3. The van der Waals surface area contributed by atoms with Crippen molar-refractivity contribution < 1.29 is 9.84 Å². The number of anilines is 1. The second-order valence-corrected chi connectivity index (χ2v) is 4.96. The molecule has 4 N–H and O–H groups in total. The van der Waals surface area contributed by atoms with Crippen LogP contribution in [-0.2, 0) is 0 Å². The highest BCUT2D eigenvalue weighted by Crippen LogP contribution is 2.36. The van der Waals surface area contributed by atoms with Crippen molar-refractivity contribution in [1.29, 1.82) is 0 Å². The van der Waals surface area contributed by atoms with Crippen molar-refractivity contribution in [2.75, 3.05) is 12.8 Å². The first-order valence-electron chi connectivity index (χ1n) is 5.68. The van der Waals surface area contributed by atoms with E-state index in [9.17, 15) is 5.11 Å². The Kier molecular flexibility index (Phi) is 3.07. The fourth-order valence-corrected chi connectivity index (χ4v) is 2.52. The largest absolute Gasteiger partial charge is 0.507 e. The van der Waals surface area contributed by atoms with Gasteiger partial charge in [-0.05, 0) is 30.0 Å². The number of aromatic nitrogens is 4. The molecule has 0 aliphatic heterocycles. The van der Waals surface area contributed by atoms with Crippen molar-refractivity contribution in [3.63, 3.8) is 0 Å².